The van der Waals surface area contributed by atoms with Gasteiger partial charge in [-0.25, -0.2) is 0 Å². The minimum absolute atomic E-state index is 0.136. The summed E-state index contributed by atoms with van der Waals surface area (Å²) in [5.74, 6) is -0.656. The van der Waals surface area contributed by atoms with E-state index < -0.39 is 0 Å². The predicted octanol–water partition coefficient (Wildman–Crippen LogP) is 2.91. The van der Waals surface area contributed by atoms with Gasteiger partial charge in [-0.05, 0) is 36.1 Å². The quantitative estimate of drug-likeness (QED) is 0.646. The smallest absolute Gasteiger partial charge is 0.261 e. The first-order chi connectivity index (χ1) is 12.0. The summed E-state index contributed by atoms with van der Waals surface area (Å²) < 4.78 is 0. The zero-order valence-electron chi connectivity index (χ0n) is 13.6. The molecule has 0 bridgehead atoms. The van der Waals surface area contributed by atoms with Gasteiger partial charge < -0.3 is 16.0 Å². The van der Waals surface area contributed by atoms with Crippen molar-refractivity contribution < 1.29 is 14.4 Å². The van der Waals surface area contributed by atoms with Gasteiger partial charge in [0.25, 0.3) is 11.8 Å². The highest BCUT2D eigenvalue weighted by atomic mass is 35.5. The SMILES string of the molecule is CNC(=O)c1cc(NC(=O)CCCNC(=O)c2cccs2)ccc1Cl. The zero-order valence-corrected chi connectivity index (χ0v) is 15.2. The fourth-order valence-electron chi connectivity index (χ4n) is 2.08. The molecule has 0 fully saturated rings. The van der Waals surface area contributed by atoms with Crippen LogP contribution < -0.4 is 16.0 Å². The van der Waals surface area contributed by atoms with Crippen LogP contribution in [0.5, 0.6) is 0 Å². The molecule has 0 atom stereocenters. The summed E-state index contributed by atoms with van der Waals surface area (Å²) in [6.07, 6.45) is 0.765. The maximum absolute atomic E-state index is 12.0. The van der Waals surface area contributed by atoms with Crippen molar-refractivity contribution in [3.63, 3.8) is 0 Å². The lowest BCUT2D eigenvalue weighted by Gasteiger charge is -2.09. The van der Waals surface area contributed by atoms with E-state index in [4.69, 9.17) is 11.6 Å². The van der Waals surface area contributed by atoms with Crippen LogP contribution in [0.4, 0.5) is 5.69 Å². The molecule has 3 N–H and O–H groups in total. The average molecular weight is 380 g/mol. The summed E-state index contributed by atoms with van der Waals surface area (Å²) in [4.78, 5) is 36.1. The van der Waals surface area contributed by atoms with Crippen LogP contribution in [0.1, 0.15) is 32.9 Å². The average Bonchev–Trinajstić information content (AvgIpc) is 3.14. The number of halogens is 1. The van der Waals surface area contributed by atoms with Gasteiger partial charge in [-0.15, -0.1) is 11.3 Å². The molecule has 0 unspecified atom stereocenters. The van der Waals surface area contributed by atoms with Crippen molar-refractivity contribution in [3.8, 4) is 0 Å². The summed E-state index contributed by atoms with van der Waals surface area (Å²) in [5.41, 5.74) is 0.792. The minimum atomic E-state index is -0.322. The molecule has 1 heterocycles. The van der Waals surface area contributed by atoms with Gasteiger partial charge in [0.1, 0.15) is 0 Å². The lowest BCUT2D eigenvalue weighted by atomic mass is 10.2. The Balaban J connectivity index is 1.78. The lowest BCUT2D eigenvalue weighted by Crippen LogP contribution is -2.24. The van der Waals surface area contributed by atoms with E-state index >= 15 is 0 Å². The van der Waals surface area contributed by atoms with Crippen molar-refractivity contribution in [1.29, 1.82) is 0 Å². The first-order valence-corrected chi connectivity index (χ1v) is 8.90. The largest absolute Gasteiger partial charge is 0.355 e. The topological polar surface area (TPSA) is 87.3 Å². The van der Waals surface area contributed by atoms with E-state index in [-0.39, 0.29) is 24.1 Å². The number of nitrogens with one attached hydrogen (secondary N) is 3. The molecule has 0 aliphatic carbocycles. The number of carbonyl (C=O) groups is 3. The van der Waals surface area contributed by atoms with Crippen LogP contribution in [0, 0.1) is 0 Å². The second-order valence-electron chi connectivity index (χ2n) is 5.16. The lowest BCUT2D eigenvalue weighted by molar-refractivity contribution is -0.116. The van der Waals surface area contributed by atoms with Gasteiger partial charge in [-0.3, -0.25) is 14.4 Å². The van der Waals surface area contributed by atoms with E-state index in [1.165, 1.54) is 24.5 Å². The molecule has 0 saturated heterocycles. The Morgan fingerprint density at radius 3 is 2.64 bits per heavy atom. The van der Waals surface area contributed by atoms with E-state index in [9.17, 15) is 14.4 Å². The summed E-state index contributed by atoms with van der Waals surface area (Å²) in [5, 5.41) is 10.1. The molecule has 0 radical (unpaired) electrons. The predicted molar refractivity (Wildman–Crippen MR) is 99.4 cm³/mol. The summed E-state index contributed by atoms with van der Waals surface area (Å²) in [7, 11) is 1.51. The van der Waals surface area contributed by atoms with Crippen molar-refractivity contribution >= 4 is 46.3 Å². The molecular formula is C17H18ClN3O3S. The number of rotatable bonds is 7. The second kappa shape index (κ2) is 9.19. The Hall–Kier alpha value is -2.38. The molecule has 0 spiro atoms. The number of hydrogen-bond donors (Lipinski definition) is 3. The van der Waals surface area contributed by atoms with Crippen LogP contribution >= 0.6 is 22.9 Å². The van der Waals surface area contributed by atoms with Crippen molar-refractivity contribution in [3.05, 3.63) is 51.2 Å². The Bertz CT molecular complexity index is 763. The minimum Gasteiger partial charge on any atom is -0.355 e. The highest BCUT2D eigenvalue weighted by Gasteiger charge is 2.11. The van der Waals surface area contributed by atoms with E-state index in [0.717, 1.165) is 0 Å². The number of thiophene rings is 1. The highest BCUT2D eigenvalue weighted by molar-refractivity contribution is 7.12. The van der Waals surface area contributed by atoms with Gasteiger partial charge in [0.05, 0.1) is 15.5 Å². The molecule has 132 valence electrons. The van der Waals surface area contributed by atoms with Crippen LogP contribution in [-0.2, 0) is 4.79 Å². The normalized spacial score (nSPS) is 10.2. The number of amides is 3. The third-order valence-electron chi connectivity index (χ3n) is 3.33. The summed E-state index contributed by atoms with van der Waals surface area (Å²) in [6.45, 7) is 0.411. The van der Waals surface area contributed by atoms with Crippen molar-refractivity contribution in [1.82, 2.24) is 10.6 Å². The van der Waals surface area contributed by atoms with Gasteiger partial charge in [0.15, 0.2) is 0 Å². The maximum Gasteiger partial charge on any atom is 0.261 e. The number of benzene rings is 1. The molecule has 0 saturated carbocycles. The second-order valence-corrected chi connectivity index (χ2v) is 6.51. The van der Waals surface area contributed by atoms with Crippen LogP contribution in [0.15, 0.2) is 35.7 Å². The molecule has 1 aromatic carbocycles. The molecule has 2 aromatic rings. The van der Waals surface area contributed by atoms with Crippen molar-refractivity contribution in [2.75, 3.05) is 18.9 Å². The Labute approximate surface area is 154 Å². The molecule has 0 aliphatic heterocycles. The maximum atomic E-state index is 12.0. The summed E-state index contributed by atoms with van der Waals surface area (Å²) >= 11 is 7.34. The first-order valence-electron chi connectivity index (χ1n) is 7.64. The monoisotopic (exact) mass is 379 g/mol. The molecule has 0 aliphatic rings. The van der Waals surface area contributed by atoms with Gasteiger partial charge in [-0.2, -0.15) is 0 Å². The molecule has 2 rings (SSSR count). The van der Waals surface area contributed by atoms with E-state index in [1.807, 2.05) is 11.4 Å². The number of hydrogen-bond acceptors (Lipinski definition) is 4. The fourth-order valence-corrected chi connectivity index (χ4v) is 2.92. The molecule has 3 amide bonds. The highest BCUT2D eigenvalue weighted by Crippen LogP contribution is 2.20. The van der Waals surface area contributed by atoms with Crippen molar-refractivity contribution in [2.24, 2.45) is 0 Å². The molecule has 25 heavy (non-hydrogen) atoms. The Morgan fingerprint density at radius 1 is 1.16 bits per heavy atom. The van der Waals surface area contributed by atoms with Crippen LogP contribution in [0.2, 0.25) is 5.02 Å². The molecule has 6 nitrogen and oxygen atoms in total. The van der Waals surface area contributed by atoms with Crippen molar-refractivity contribution in [2.45, 2.75) is 12.8 Å². The Kier molecular flexibility index (Phi) is 6.97. The third-order valence-corrected chi connectivity index (χ3v) is 4.53. The summed E-state index contributed by atoms with van der Waals surface area (Å²) in [6, 6.07) is 8.27. The van der Waals surface area contributed by atoms with E-state index in [1.54, 1.807) is 18.2 Å². The fraction of sp³-hybridized carbons (Fsp3) is 0.235. The third kappa shape index (κ3) is 5.58. The Morgan fingerprint density at radius 2 is 1.96 bits per heavy atom. The molecular weight excluding hydrogens is 362 g/mol. The zero-order chi connectivity index (χ0) is 18.2. The number of carbonyl (C=O) groups excluding carboxylic acids is 3. The van der Waals surface area contributed by atoms with E-state index in [0.29, 0.717) is 34.1 Å². The van der Waals surface area contributed by atoms with Gasteiger partial charge in [0, 0.05) is 25.7 Å². The molecule has 1 aromatic heterocycles. The van der Waals surface area contributed by atoms with Gasteiger partial charge in [0.2, 0.25) is 5.91 Å². The molecule has 8 heteroatoms. The van der Waals surface area contributed by atoms with Crippen LogP contribution in [-0.4, -0.2) is 31.3 Å². The van der Waals surface area contributed by atoms with Crippen LogP contribution in [0.25, 0.3) is 0 Å². The standard InChI is InChI=1S/C17H18ClN3O3S/c1-19-16(23)12-10-11(6-7-13(12)18)21-15(22)5-2-8-20-17(24)14-4-3-9-25-14/h3-4,6-7,9-10H,2,5,8H2,1H3,(H,19,23)(H,20,24)(H,21,22). The number of anilines is 1. The van der Waals surface area contributed by atoms with Gasteiger partial charge >= 0.3 is 0 Å². The van der Waals surface area contributed by atoms with Crippen LogP contribution in [0.3, 0.4) is 0 Å². The van der Waals surface area contributed by atoms with Gasteiger partial charge in [-0.1, -0.05) is 17.7 Å². The van der Waals surface area contributed by atoms with E-state index in [2.05, 4.69) is 16.0 Å². The first kappa shape index (κ1) is 19.0.